The highest BCUT2D eigenvalue weighted by molar-refractivity contribution is 6.20. The SMILES string of the molecule is CN(C(=O)CN1CCNCC1)[C@@H](C1CCC(N2CCCC3C2CNC2CC(Cl)NN23)CC1)C(F)(F)F. The van der Waals surface area contributed by atoms with Gasteiger partial charge < -0.3 is 10.2 Å². The Morgan fingerprint density at radius 1 is 1.08 bits per heavy atom. The number of hydrogen-bond donors (Lipinski definition) is 3. The van der Waals surface area contributed by atoms with Gasteiger partial charge in [-0.15, -0.1) is 11.6 Å². The molecular formula is C24H41ClF3N7O. The molecule has 5 rings (SSSR count). The van der Waals surface area contributed by atoms with Gasteiger partial charge in [0.25, 0.3) is 0 Å². The van der Waals surface area contributed by atoms with Crippen molar-refractivity contribution >= 4 is 17.5 Å². The molecule has 8 nitrogen and oxygen atoms in total. The lowest BCUT2D eigenvalue weighted by atomic mass is 9.78. The number of piperazine rings is 1. The van der Waals surface area contributed by atoms with Crippen LogP contribution in [0.25, 0.3) is 0 Å². The zero-order chi connectivity index (χ0) is 25.4. The first-order valence-electron chi connectivity index (χ1n) is 13.7. The summed E-state index contributed by atoms with van der Waals surface area (Å²) in [4.78, 5) is 18.3. The number of rotatable bonds is 5. The van der Waals surface area contributed by atoms with Crippen molar-refractivity contribution in [2.24, 2.45) is 5.92 Å². The maximum absolute atomic E-state index is 14.3. The number of likely N-dealkylation sites (N-methyl/N-ethyl adjacent to an activating group) is 1. The molecule has 4 aliphatic heterocycles. The quantitative estimate of drug-likeness (QED) is 0.363. The molecule has 36 heavy (non-hydrogen) atoms. The van der Waals surface area contributed by atoms with Crippen molar-refractivity contribution in [1.29, 1.82) is 0 Å². The van der Waals surface area contributed by atoms with Gasteiger partial charge in [-0.1, -0.05) is 0 Å². The van der Waals surface area contributed by atoms with E-state index < -0.39 is 24.0 Å². The van der Waals surface area contributed by atoms with Crippen LogP contribution in [0, 0.1) is 5.92 Å². The molecule has 1 amide bonds. The number of halogens is 4. The molecule has 5 atom stereocenters. The Morgan fingerprint density at radius 3 is 2.50 bits per heavy atom. The molecule has 5 fully saturated rings. The standard InChI is InChI=1S/C24H41ClF3N7O/c1-32(22(36)15-33-11-8-29-9-12-33)23(24(26,27)28)16-4-6-17(7-5-16)34-10-2-3-18-19(34)14-30-21-13-20(25)31-35(18)21/h16-21,23,29-31H,2-15H2,1H3/t16?,17?,18?,19?,20?,21?,23-/m0/s1. The van der Waals surface area contributed by atoms with Crippen LogP contribution in [0.3, 0.4) is 0 Å². The van der Waals surface area contributed by atoms with Gasteiger partial charge in [0, 0.05) is 64.3 Å². The van der Waals surface area contributed by atoms with E-state index in [1.165, 1.54) is 7.05 Å². The largest absolute Gasteiger partial charge is 0.409 e. The molecule has 0 aromatic heterocycles. The molecule has 12 heteroatoms. The van der Waals surface area contributed by atoms with Crippen molar-refractivity contribution in [2.75, 3.05) is 52.9 Å². The van der Waals surface area contributed by atoms with Crippen LogP contribution in [-0.2, 0) is 4.79 Å². The third kappa shape index (κ3) is 5.67. The fourth-order valence-corrected chi connectivity index (χ4v) is 7.63. The van der Waals surface area contributed by atoms with E-state index in [1.807, 2.05) is 4.90 Å². The molecule has 0 bridgehead atoms. The van der Waals surface area contributed by atoms with E-state index >= 15 is 0 Å². The second kappa shape index (κ2) is 11.2. The Kier molecular flexibility index (Phi) is 8.37. The zero-order valence-electron chi connectivity index (χ0n) is 21.1. The lowest BCUT2D eigenvalue weighted by Gasteiger charge is -2.53. The number of fused-ring (bicyclic) bond motifs is 3. The molecule has 5 aliphatic rings. The molecule has 4 saturated heterocycles. The summed E-state index contributed by atoms with van der Waals surface area (Å²) < 4.78 is 42.8. The van der Waals surface area contributed by atoms with Crippen LogP contribution in [0.2, 0.25) is 0 Å². The summed E-state index contributed by atoms with van der Waals surface area (Å²) in [6, 6.07) is -0.706. The molecule has 1 saturated carbocycles. The van der Waals surface area contributed by atoms with Crippen molar-refractivity contribution < 1.29 is 18.0 Å². The molecule has 4 heterocycles. The van der Waals surface area contributed by atoms with Crippen molar-refractivity contribution in [3.05, 3.63) is 0 Å². The van der Waals surface area contributed by atoms with Gasteiger partial charge in [-0.3, -0.25) is 19.9 Å². The summed E-state index contributed by atoms with van der Waals surface area (Å²) in [5.41, 5.74) is 3.35. The molecule has 0 aromatic rings. The highest BCUT2D eigenvalue weighted by Gasteiger charge is 2.51. The average molecular weight is 536 g/mol. The number of carbonyl (C=O) groups is 1. The molecule has 3 N–H and O–H groups in total. The number of likely N-dealkylation sites (tertiary alicyclic amines) is 1. The Labute approximate surface area is 217 Å². The summed E-state index contributed by atoms with van der Waals surface area (Å²) >= 11 is 6.36. The van der Waals surface area contributed by atoms with Gasteiger partial charge in [0.1, 0.15) is 6.04 Å². The van der Waals surface area contributed by atoms with Crippen molar-refractivity contribution in [3.8, 4) is 0 Å². The van der Waals surface area contributed by atoms with Gasteiger partial charge in [-0.25, -0.2) is 10.4 Å². The maximum Gasteiger partial charge on any atom is 0.409 e. The van der Waals surface area contributed by atoms with Crippen LogP contribution >= 0.6 is 11.6 Å². The first-order valence-corrected chi connectivity index (χ1v) is 14.1. The van der Waals surface area contributed by atoms with Crippen LogP contribution in [0.5, 0.6) is 0 Å². The van der Waals surface area contributed by atoms with Crippen LogP contribution < -0.4 is 16.1 Å². The molecule has 4 unspecified atom stereocenters. The Morgan fingerprint density at radius 2 is 1.81 bits per heavy atom. The fourth-order valence-electron chi connectivity index (χ4n) is 7.35. The number of carbonyl (C=O) groups excluding carboxylic acids is 1. The summed E-state index contributed by atoms with van der Waals surface area (Å²) in [7, 11) is 1.35. The summed E-state index contributed by atoms with van der Waals surface area (Å²) in [5, 5.41) is 9.13. The minimum absolute atomic E-state index is 0.0542. The smallest absolute Gasteiger partial charge is 0.332 e. The van der Waals surface area contributed by atoms with E-state index in [4.69, 9.17) is 11.6 Å². The molecular weight excluding hydrogens is 495 g/mol. The number of hydrogen-bond acceptors (Lipinski definition) is 7. The van der Waals surface area contributed by atoms with Crippen molar-refractivity contribution in [1.82, 2.24) is 35.8 Å². The van der Waals surface area contributed by atoms with Crippen LogP contribution in [0.4, 0.5) is 13.2 Å². The second-order valence-electron chi connectivity index (χ2n) is 11.3. The number of piperidine rings is 1. The van der Waals surface area contributed by atoms with Crippen molar-refractivity contribution in [3.63, 3.8) is 0 Å². The number of amides is 1. The monoisotopic (exact) mass is 535 g/mol. The normalized spacial score (nSPS) is 37.8. The van der Waals surface area contributed by atoms with E-state index in [0.717, 1.165) is 63.2 Å². The van der Waals surface area contributed by atoms with Gasteiger partial charge in [-0.05, 0) is 51.0 Å². The fraction of sp³-hybridized carbons (Fsp3) is 0.958. The second-order valence-corrected chi connectivity index (χ2v) is 11.8. The maximum atomic E-state index is 14.3. The van der Waals surface area contributed by atoms with Crippen LogP contribution in [0.15, 0.2) is 0 Å². The minimum Gasteiger partial charge on any atom is -0.332 e. The minimum atomic E-state index is -4.43. The lowest BCUT2D eigenvalue weighted by Crippen LogP contribution is -2.70. The van der Waals surface area contributed by atoms with E-state index in [-0.39, 0.29) is 24.3 Å². The first kappa shape index (κ1) is 26.9. The van der Waals surface area contributed by atoms with Crippen molar-refractivity contribution in [2.45, 2.75) is 87.0 Å². The number of hydrazine groups is 1. The predicted molar refractivity (Wildman–Crippen MR) is 132 cm³/mol. The van der Waals surface area contributed by atoms with E-state index in [0.29, 0.717) is 38.0 Å². The Hall–Kier alpha value is -0.690. The molecule has 0 aromatic carbocycles. The topological polar surface area (TPSA) is 66.1 Å². The molecule has 0 radical (unpaired) electrons. The lowest BCUT2D eigenvalue weighted by molar-refractivity contribution is -0.202. The third-order valence-electron chi connectivity index (χ3n) is 9.13. The summed E-state index contributed by atoms with van der Waals surface area (Å²) in [5.74, 6) is -0.983. The number of nitrogens with zero attached hydrogens (tertiary/aromatic N) is 4. The third-order valence-corrected chi connectivity index (χ3v) is 9.41. The average Bonchev–Trinajstić information content (AvgIpc) is 3.25. The van der Waals surface area contributed by atoms with Gasteiger partial charge >= 0.3 is 6.18 Å². The van der Waals surface area contributed by atoms with E-state index in [9.17, 15) is 18.0 Å². The molecule has 0 spiro atoms. The van der Waals surface area contributed by atoms with E-state index in [2.05, 4.69) is 26.0 Å². The van der Waals surface area contributed by atoms with Gasteiger partial charge in [0.05, 0.1) is 18.2 Å². The summed E-state index contributed by atoms with van der Waals surface area (Å²) in [6.07, 6.45) is 1.38. The molecule has 1 aliphatic carbocycles. The number of nitrogens with one attached hydrogen (secondary N) is 3. The highest BCUT2D eigenvalue weighted by atomic mass is 35.5. The number of alkyl halides is 4. The first-order chi connectivity index (χ1) is 17.2. The Bertz CT molecular complexity index is 762. The predicted octanol–water partition coefficient (Wildman–Crippen LogP) is 1.38. The van der Waals surface area contributed by atoms with E-state index in [1.54, 1.807) is 0 Å². The van der Waals surface area contributed by atoms with Gasteiger partial charge in [0.15, 0.2) is 0 Å². The highest BCUT2D eigenvalue weighted by Crippen LogP contribution is 2.41. The van der Waals surface area contributed by atoms with Crippen LogP contribution in [-0.4, -0.2) is 120 Å². The van der Waals surface area contributed by atoms with Gasteiger partial charge in [0.2, 0.25) is 5.91 Å². The molecule has 206 valence electrons. The van der Waals surface area contributed by atoms with Gasteiger partial charge in [-0.2, -0.15) is 13.2 Å². The Balaban J connectivity index is 1.20. The zero-order valence-corrected chi connectivity index (χ0v) is 21.9. The summed E-state index contributed by atoms with van der Waals surface area (Å²) in [6.45, 7) is 4.84. The van der Waals surface area contributed by atoms with Crippen LogP contribution in [0.1, 0.15) is 44.9 Å².